The molecule has 1 amide bonds. The van der Waals surface area contributed by atoms with E-state index >= 15 is 0 Å². The number of aromatic nitrogens is 2. The third-order valence-corrected chi connectivity index (χ3v) is 5.35. The van der Waals surface area contributed by atoms with Crippen molar-refractivity contribution in [1.29, 1.82) is 0 Å². The number of anilines is 1. The monoisotopic (exact) mass is 402 g/mol. The number of hydrogen-bond donors (Lipinski definition) is 2. The molecule has 4 rings (SSSR count). The second-order valence-corrected chi connectivity index (χ2v) is 7.50. The van der Waals surface area contributed by atoms with E-state index < -0.39 is 0 Å². The molecule has 0 fully saturated rings. The Balaban J connectivity index is 1.42. The number of carbonyl (C=O) groups excluding carboxylic acids is 1. The molecule has 0 radical (unpaired) electrons. The third kappa shape index (κ3) is 4.73. The van der Waals surface area contributed by atoms with Crippen molar-refractivity contribution >= 4 is 22.9 Å². The van der Waals surface area contributed by atoms with Crippen LogP contribution in [0.2, 0.25) is 0 Å². The van der Waals surface area contributed by atoms with E-state index in [1.807, 2.05) is 84.4 Å². The van der Waals surface area contributed by atoms with Gasteiger partial charge >= 0.3 is 0 Å². The van der Waals surface area contributed by atoms with Gasteiger partial charge in [-0.15, -0.1) is 11.3 Å². The van der Waals surface area contributed by atoms with Gasteiger partial charge in [-0.3, -0.25) is 4.79 Å². The Labute approximate surface area is 174 Å². The first kappa shape index (κ1) is 19.0. The number of rotatable bonds is 8. The fraction of sp³-hybridized carbons (Fsp3) is 0.130. The van der Waals surface area contributed by atoms with Crippen molar-refractivity contribution in [2.24, 2.45) is 0 Å². The number of para-hydroxylation sites is 2. The second-order valence-electron chi connectivity index (χ2n) is 6.55. The molecule has 0 spiro atoms. The molecule has 4 aromatic rings. The first-order valence-corrected chi connectivity index (χ1v) is 10.5. The number of amides is 1. The van der Waals surface area contributed by atoms with E-state index in [1.165, 1.54) is 0 Å². The molecule has 0 aliphatic heterocycles. The van der Waals surface area contributed by atoms with Crippen LogP contribution >= 0.6 is 11.3 Å². The number of thiophene rings is 1. The molecule has 0 unspecified atom stereocenters. The van der Waals surface area contributed by atoms with E-state index in [9.17, 15) is 4.79 Å². The van der Waals surface area contributed by atoms with Gasteiger partial charge in [-0.05, 0) is 42.1 Å². The maximum Gasteiger partial charge on any atom is 0.255 e. The minimum absolute atomic E-state index is 0.102. The lowest BCUT2D eigenvalue weighted by Gasteiger charge is -2.07. The summed E-state index contributed by atoms with van der Waals surface area (Å²) in [7, 11) is 0. The van der Waals surface area contributed by atoms with Crippen LogP contribution in [0.1, 0.15) is 16.8 Å². The summed E-state index contributed by atoms with van der Waals surface area (Å²) < 4.78 is 1.76. The highest BCUT2D eigenvalue weighted by molar-refractivity contribution is 7.13. The maximum absolute atomic E-state index is 12.9. The molecule has 29 heavy (non-hydrogen) atoms. The Bertz CT molecular complexity index is 1040. The molecule has 0 aliphatic rings. The Kier molecular flexibility index (Phi) is 6.02. The van der Waals surface area contributed by atoms with Gasteiger partial charge in [-0.1, -0.05) is 42.5 Å². The maximum atomic E-state index is 12.9. The largest absolute Gasteiger partial charge is 0.385 e. The summed E-state index contributed by atoms with van der Waals surface area (Å²) >= 11 is 1.58. The summed E-state index contributed by atoms with van der Waals surface area (Å²) in [6.07, 6.45) is 2.64. The van der Waals surface area contributed by atoms with Gasteiger partial charge in [-0.2, -0.15) is 5.10 Å². The van der Waals surface area contributed by atoms with Crippen molar-refractivity contribution in [3.63, 3.8) is 0 Å². The lowest BCUT2D eigenvalue weighted by molar-refractivity contribution is 0.0954. The molecule has 6 heteroatoms. The summed E-state index contributed by atoms with van der Waals surface area (Å²) in [5, 5.41) is 13.1. The predicted octanol–water partition coefficient (Wildman–Crippen LogP) is 4.83. The van der Waals surface area contributed by atoms with Crippen LogP contribution in [0.25, 0.3) is 16.3 Å². The molecule has 2 aromatic carbocycles. The summed E-state index contributed by atoms with van der Waals surface area (Å²) in [6.45, 7) is 1.39. The van der Waals surface area contributed by atoms with Gasteiger partial charge in [0.2, 0.25) is 0 Å². The normalized spacial score (nSPS) is 10.6. The van der Waals surface area contributed by atoms with Crippen LogP contribution in [-0.4, -0.2) is 28.8 Å². The summed E-state index contributed by atoms with van der Waals surface area (Å²) in [5.74, 6) is -0.102. The molecule has 5 nitrogen and oxygen atoms in total. The number of benzene rings is 2. The predicted molar refractivity (Wildman–Crippen MR) is 119 cm³/mol. The average molecular weight is 403 g/mol. The molecule has 0 aliphatic carbocycles. The Morgan fingerprint density at radius 1 is 0.931 bits per heavy atom. The number of nitrogens with one attached hydrogen (secondary N) is 2. The fourth-order valence-corrected chi connectivity index (χ4v) is 3.75. The van der Waals surface area contributed by atoms with Gasteiger partial charge in [0.05, 0.1) is 16.1 Å². The smallest absolute Gasteiger partial charge is 0.255 e. The van der Waals surface area contributed by atoms with Crippen molar-refractivity contribution in [1.82, 2.24) is 15.1 Å². The SMILES string of the molecule is O=C(NCCCNc1ccccc1)c1cn(-c2ccccc2)nc1-c1cccs1. The highest BCUT2D eigenvalue weighted by Crippen LogP contribution is 2.27. The molecule has 0 bridgehead atoms. The quantitative estimate of drug-likeness (QED) is 0.415. The van der Waals surface area contributed by atoms with Crippen LogP contribution in [0.4, 0.5) is 5.69 Å². The van der Waals surface area contributed by atoms with Crippen molar-refractivity contribution in [3.8, 4) is 16.3 Å². The van der Waals surface area contributed by atoms with Crippen LogP contribution < -0.4 is 10.6 Å². The molecule has 2 N–H and O–H groups in total. The zero-order chi connectivity index (χ0) is 19.9. The molecule has 0 saturated carbocycles. The van der Waals surface area contributed by atoms with E-state index in [1.54, 1.807) is 16.0 Å². The fourth-order valence-electron chi connectivity index (χ4n) is 3.02. The van der Waals surface area contributed by atoms with Crippen molar-refractivity contribution in [2.75, 3.05) is 18.4 Å². The van der Waals surface area contributed by atoms with E-state index in [0.29, 0.717) is 17.8 Å². The second kappa shape index (κ2) is 9.21. The van der Waals surface area contributed by atoms with E-state index in [0.717, 1.165) is 29.2 Å². The van der Waals surface area contributed by atoms with Gasteiger partial charge in [-0.25, -0.2) is 4.68 Å². The topological polar surface area (TPSA) is 59.0 Å². The lowest BCUT2D eigenvalue weighted by atomic mass is 10.2. The van der Waals surface area contributed by atoms with Crippen LogP contribution in [0.5, 0.6) is 0 Å². The highest BCUT2D eigenvalue weighted by Gasteiger charge is 2.19. The minimum Gasteiger partial charge on any atom is -0.385 e. The zero-order valence-electron chi connectivity index (χ0n) is 15.9. The summed E-state index contributed by atoms with van der Waals surface area (Å²) in [6, 6.07) is 23.8. The van der Waals surface area contributed by atoms with Gasteiger partial charge in [0.15, 0.2) is 0 Å². The van der Waals surface area contributed by atoms with Crippen LogP contribution in [0, 0.1) is 0 Å². The number of carbonyl (C=O) groups is 1. The lowest BCUT2D eigenvalue weighted by Crippen LogP contribution is -2.26. The Morgan fingerprint density at radius 3 is 2.41 bits per heavy atom. The van der Waals surface area contributed by atoms with E-state index in [2.05, 4.69) is 15.7 Å². The zero-order valence-corrected chi connectivity index (χ0v) is 16.7. The van der Waals surface area contributed by atoms with E-state index in [-0.39, 0.29) is 5.91 Å². The van der Waals surface area contributed by atoms with Gasteiger partial charge in [0, 0.05) is 25.0 Å². The third-order valence-electron chi connectivity index (χ3n) is 4.48. The summed E-state index contributed by atoms with van der Waals surface area (Å²) in [5.41, 5.74) is 3.32. The van der Waals surface area contributed by atoms with Crippen molar-refractivity contribution < 1.29 is 4.79 Å². The molecule has 0 saturated heterocycles. The molecule has 2 heterocycles. The van der Waals surface area contributed by atoms with Gasteiger partial charge < -0.3 is 10.6 Å². The van der Waals surface area contributed by atoms with Gasteiger partial charge in [0.25, 0.3) is 5.91 Å². The van der Waals surface area contributed by atoms with Crippen LogP contribution in [-0.2, 0) is 0 Å². The van der Waals surface area contributed by atoms with Crippen molar-refractivity contribution in [2.45, 2.75) is 6.42 Å². The Morgan fingerprint density at radius 2 is 1.69 bits per heavy atom. The summed E-state index contributed by atoms with van der Waals surface area (Å²) in [4.78, 5) is 13.8. The molecular weight excluding hydrogens is 380 g/mol. The first-order chi connectivity index (χ1) is 14.3. The number of nitrogens with zero attached hydrogens (tertiary/aromatic N) is 2. The van der Waals surface area contributed by atoms with Crippen LogP contribution in [0.3, 0.4) is 0 Å². The Hall–Kier alpha value is -3.38. The van der Waals surface area contributed by atoms with Crippen molar-refractivity contribution in [3.05, 3.63) is 89.9 Å². The van der Waals surface area contributed by atoms with Crippen LogP contribution in [0.15, 0.2) is 84.4 Å². The molecule has 146 valence electrons. The minimum atomic E-state index is -0.102. The van der Waals surface area contributed by atoms with Gasteiger partial charge in [0.1, 0.15) is 5.69 Å². The molecule has 0 atom stereocenters. The highest BCUT2D eigenvalue weighted by atomic mass is 32.1. The molecular formula is C23H22N4OS. The molecule has 2 aromatic heterocycles. The average Bonchev–Trinajstić information content (AvgIpc) is 3.45. The van der Waals surface area contributed by atoms with E-state index in [4.69, 9.17) is 0 Å². The standard InChI is InChI=1S/C23H22N4OS/c28-23(25-15-8-14-24-18-9-3-1-4-10-18)20-17-27(19-11-5-2-6-12-19)26-22(20)21-13-7-16-29-21/h1-7,9-13,16-17,24H,8,14-15H2,(H,25,28). The first-order valence-electron chi connectivity index (χ1n) is 9.57. The number of hydrogen-bond acceptors (Lipinski definition) is 4.